The van der Waals surface area contributed by atoms with Crippen LogP contribution >= 0.6 is 11.6 Å². The molecule has 232 valence electrons. The van der Waals surface area contributed by atoms with Crippen molar-refractivity contribution in [3.8, 4) is 17.0 Å². The maximum atomic E-state index is 13.0. The average molecular weight is 622 g/mol. The molecule has 2 aromatic carbocycles. The van der Waals surface area contributed by atoms with Crippen molar-refractivity contribution in [2.24, 2.45) is 5.73 Å². The number of hydrogen-bond acceptors (Lipinski definition) is 5. The molecule has 13 heteroatoms. The van der Waals surface area contributed by atoms with Gasteiger partial charge in [-0.3, -0.25) is 14.4 Å². The predicted molar refractivity (Wildman–Crippen MR) is 157 cm³/mol. The zero-order valence-electron chi connectivity index (χ0n) is 24.3. The van der Waals surface area contributed by atoms with E-state index in [1.807, 2.05) is 48.9 Å². The van der Waals surface area contributed by atoms with Crippen molar-refractivity contribution < 1.29 is 32.3 Å². The molecule has 4 N–H and O–H groups in total. The van der Waals surface area contributed by atoms with Crippen molar-refractivity contribution in [3.63, 3.8) is 0 Å². The lowest BCUT2D eigenvalue weighted by atomic mass is 9.99. The number of aryl methyl sites for hydroxylation is 1. The Balaban J connectivity index is 1.74. The van der Waals surface area contributed by atoms with Gasteiger partial charge < -0.3 is 25.7 Å². The molecule has 2 unspecified atom stereocenters. The Morgan fingerprint density at radius 3 is 2.33 bits per heavy atom. The number of nitrogens with zero attached hydrogens (tertiary/aromatic N) is 2. The van der Waals surface area contributed by atoms with Crippen LogP contribution in [0.3, 0.4) is 0 Å². The molecule has 0 spiro atoms. The van der Waals surface area contributed by atoms with Gasteiger partial charge in [0.15, 0.2) is 6.10 Å². The summed E-state index contributed by atoms with van der Waals surface area (Å²) in [5, 5.41) is 5.57. The minimum atomic E-state index is -4.57. The fraction of sp³-hybridized carbons (Fsp3) is 0.400. The van der Waals surface area contributed by atoms with Crippen LogP contribution in [0.1, 0.15) is 68.3 Å². The number of carbonyl (C=O) groups is 3. The fourth-order valence-corrected chi connectivity index (χ4v) is 4.66. The van der Waals surface area contributed by atoms with Crippen LogP contribution in [0.5, 0.6) is 5.75 Å². The SMILES string of the molecule is CCn1cc(-c2ccc(C[C@@H](CCC(N)=O)NC(=O)c3ccc(OC(C)C(F)(F)F)c(Cl)c3)cc2)nc1C(C)NC(C)=O. The van der Waals surface area contributed by atoms with Gasteiger partial charge in [-0.15, -0.1) is 0 Å². The van der Waals surface area contributed by atoms with E-state index in [1.54, 1.807) is 0 Å². The summed E-state index contributed by atoms with van der Waals surface area (Å²) in [6, 6.07) is 10.6. The Kier molecular flexibility index (Phi) is 11.2. The summed E-state index contributed by atoms with van der Waals surface area (Å²) >= 11 is 6.10. The summed E-state index contributed by atoms with van der Waals surface area (Å²) in [5.74, 6) is -0.649. The summed E-state index contributed by atoms with van der Waals surface area (Å²) in [6.07, 6.45) is -4.04. The summed E-state index contributed by atoms with van der Waals surface area (Å²) in [6.45, 7) is 6.85. The molecule has 3 aromatic rings. The molecule has 3 atom stereocenters. The van der Waals surface area contributed by atoms with E-state index < -0.39 is 30.1 Å². The van der Waals surface area contributed by atoms with E-state index in [0.29, 0.717) is 13.0 Å². The highest BCUT2D eigenvalue weighted by molar-refractivity contribution is 6.32. The molecule has 0 saturated carbocycles. The number of amides is 3. The van der Waals surface area contributed by atoms with Gasteiger partial charge in [-0.2, -0.15) is 13.2 Å². The Labute approximate surface area is 252 Å². The number of halogens is 4. The molecule has 0 radical (unpaired) electrons. The van der Waals surface area contributed by atoms with Crippen molar-refractivity contribution in [3.05, 3.63) is 70.6 Å². The molecule has 0 aliphatic rings. The molecule has 0 bridgehead atoms. The van der Waals surface area contributed by atoms with E-state index in [1.165, 1.54) is 25.1 Å². The highest BCUT2D eigenvalue weighted by Crippen LogP contribution is 2.31. The largest absolute Gasteiger partial charge is 0.480 e. The lowest BCUT2D eigenvalue weighted by molar-refractivity contribution is -0.189. The maximum absolute atomic E-state index is 13.0. The monoisotopic (exact) mass is 621 g/mol. The number of rotatable bonds is 13. The van der Waals surface area contributed by atoms with Gasteiger partial charge in [-0.05, 0) is 57.4 Å². The van der Waals surface area contributed by atoms with Crippen molar-refractivity contribution in [2.75, 3.05) is 0 Å². The molecular formula is C30H35ClF3N5O4. The van der Waals surface area contributed by atoms with Gasteiger partial charge in [0.2, 0.25) is 11.8 Å². The second-order valence-electron chi connectivity index (χ2n) is 10.2. The lowest BCUT2D eigenvalue weighted by Crippen LogP contribution is -2.37. The molecule has 0 aliphatic carbocycles. The number of carbonyl (C=O) groups excluding carboxylic acids is 3. The number of benzene rings is 2. The number of alkyl halides is 3. The maximum Gasteiger partial charge on any atom is 0.425 e. The van der Waals surface area contributed by atoms with Gasteiger partial charge in [0, 0.05) is 43.3 Å². The lowest BCUT2D eigenvalue weighted by Gasteiger charge is -2.20. The third-order valence-corrected chi connectivity index (χ3v) is 7.02. The Morgan fingerprint density at radius 1 is 1.09 bits per heavy atom. The van der Waals surface area contributed by atoms with Gasteiger partial charge in [-0.1, -0.05) is 35.9 Å². The number of aromatic nitrogens is 2. The molecule has 0 fully saturated rings. The van der Waals surface area contributed by atoms with Crippen molar-refractivity contribution in [1.82, 2.24) is 20.2 Å². The Morgan fingerprint density at radius 2 is 1.77 bits per heavy atom. The zero-order chi connectivity index (χ0) is 31.9. The number of nitrogens with two attached hydrogens (primary N) is 1. The van der Waals surface area contributed by atoms with Crippen LogP contribution in [-0.4, -0.2) is 45.6 Å². The quantitative estimate of drug-likeness (QED) is 0.237. The third-order valence-electron chi connectivity index (χ3n) is 6.72. The van der Waals surface area contributed by atoms with Crippen LogP contribution in [0.15, 0.2) is 48.7 Å². The third kappa shape index (κ3) is 9.47. The Bertz CT molecular complexity index is 1440. The molecular weight excluding hydrogens is 587 g/mol. The molecule has 1 heterocycles. The van der Waals surface area contributed by atoms with Crippen LogP contribution in [0.25, 0.3) is 11.3 Å². The van der Waals surface area contributed by atoms with Gasteiger partial charge in [0.25, 0.3) is 5.91 Å². The zero-order valence-corrected chi connectivity index (χ0v) is 25.1. The topological polar surface area (TPSA) is 128 Å². The van der Waals surface area contributed by atoms with E-state index >= 15 is 0 Å². The number of primary amides is 1. The standard InChI is InChI=1S/C30H35ClF3N5O4/c1-5-39-16-25(38-28(39)17(2)36-19(4)40)21-8-6-20(7-9-21)14-23(11-13-27(35)41)37-29(42)22-10-12-26(24(31)15-22)43-18(3)30(32,33)34/h6-10,12,15-18,23H,5,11,13-14H2,1-4H3,(H2,35,41)(H,36,40)(H,37,42)/t17?,18?,23-/m1/s1. The van der Waals surface area contributed by atoms with E-state index in [4.69, 9.17) is 27.1 Å². The summed E-state index contributed by atoms with van der Waals surface area (Å²) in [7, 11) is 0. The number of nitrogens with one attached hydrogen (secondary N) is 2. The molecule has 3 amide bonds. The first kappa shape index (κ1) is 33.4. The first-order valence-electron chi connectivity index (χ1n) is 13.7. The van der Waals surface area contributed by atoms with E-state index in [2.05, 4.69) is 10.6 Å². The van der Waals surface area contributed by atoms with E-state index in [9.17, 15) is 27.6 Å². The second-order valence-corrected chi connectivity index (χ2v) is 10.6. The van der Waals surface area contributed by atoms with E-state index in [0.717, 1.165) is 29.6 Å². The minimum Gasteiger partial charge on any atom is -0.480 e. The predicted octanol–water partition coefficient (Wildman–Crippen LogP) is 5.36. The first-order valence-corrected chi connectivity index (χ1v) is 14.1. The molecule has 0 aliphatic heterocycles. The molecule has 1 aromatic heterocycles. The summed E-state index contributed by atoms with van der Waals surface area (Å²) in [5.41, 5.74) is 7.95. The molecule has 3 rings (SSSR count). The smallest absolute Gasteiger partial charge is 0.425 e. The number of ether oxygens (including phenoxy) is 1. The summed E-state index contributed by atoms with van der Waals surface area (Å²) < 4.78 is 45.4. The van der Waals surface area contributed by atoms with Crippen LogP contribution in [0.2, 0.25) is 5.02 Å². The van der Waals surface area contributed by atoms with Gasteiger partial charge in [0.05, 0.1) is 16.8 Å². The summed E-state index contributed by atoms with van der Waals surface area (Å²) in [4.78, 5) is 40.7. The van der Waals surface area contributed by atoms with Gasteiger partial charge in [0.1, 0.15) is 11.6 Å². The van der Waals surface area contributed by atoms with Crippen LogP contribution in [0.4, 0.5) is 13.2 Å². The first-order chi connectivity index (χ1) is 20.2. The second kappa shape index (κ2) is 14.4. The van der Waals surface area contributed by atoms with Crippen LogP contribution in [-0.2, 0) is 22.6 Å². The van der Waals surface area contributed by atoms with Gasteiger partial charge >= 0.3 is 6.18 Å². The molecule has 9 nitrogen and oxygen atoms in total. The fourth-order valence-electron chi connectivity index (χ4n) is 4.44. The van der Waals surface area contributed by atoms with Crippen molar-refractivity contribution in [1.29, 1.82) is 0 Å². The minimum absolute atomic E-state index is 0.0373. The van der Waals surface area contributed by atoms with Crippen molar-refractivity contribution >= 4 is 29.3 Å². The van der Waals surface area contributed by atoms with Crippen LogP contribution in [0, 0.1) is 0 Å². The highest BCUT2D eigenvalue weighted by atomic mass is 35.5. The number of imidazole rings is 1. The normalized spacial score (nSPS) is 13.6. The average Bonchev–Trinajstić information content (AvgIpc) is 3.37. The van der Waals surface area contributed by atoms with Crippen molar-refractivity contribution in [2.45, 2.75) is 77.9 Å². The Hall–Kier alpha value is -4.06. The molecule has 43 heavy (non-hydrogen) atoms. The number of hydrogen-bond donors (Lipinski definition) is 3. The van der Waals surface area contributed by atoms with Gasteiger partial charge in [-0.25, -0.2) is 4.98 Å². The van der Waals surface area contributed by atoms with Crippen LogP contribution < -0.4 is 21.1 Å². The highest BCUT2D eigenvalue weighted by Gasteiger charge is 2.38. The van der Waals surface area contributed by atoms with E-state index in [-0.39, 0.29) is 41.1 Å². The molecule has 0 saturated heterocycles.